The number of aromatic nitrogens is 1. The molecule has 0 saturated heterocycles. The van der Waals surface area contributed by atoms with E-state index in [1.807, 2.05) is 111 Å². The summed E-state index contributed by atoms with van der Waals surface area (Å²) in [7, 11) is 3.95. The summed E-state index contributed by atoms with van der Waals surface area (Å²) in [4.78, 5) is 33.7. The molecule has 6 nitrogen and oxygen atoms in total. The van der Waals surface area contributed by atoms with Crippen LogP contribution >= 0.6 is 11.3 Å². The van der Waals surface area contributed by atoms with Crippen LogP contribution in [-0.4, -0.2) is 24.4 Å². The van der Waals surface area contributed by atoms with E-state index >= 15 is 0 Å². The van der Waals surface area contributed by atoms with Gasteiger partial charge in [-0.15, -0.1) is 0 Å². The number of ether oxygens (including phenoxy) is 1. The van der Waals surface area contributed by atoms with Crippen LogP contribution < -0.4 is 24.5 Å². The zero-order valence-electron chi connectivity index (χ0n) is 21.8. The molecule has 1 aliphatic rings. The number of anilines is 1. The maximum absolute atomic E-state index is 13.7. The molecule has 1 aliphatic heterocycles. The van der Waals surface area contributed by atoms with Crippen LogP contribution in [0.25, 0.3) is 6.08 Å². The first-order chi connectivity index (χ1) is 18.3. The fourth-order valence-corrected chi connectivity index (χ4v) is 5.64. The Morgan fingerprint density at radius 2 is 1.71 bits per heavy atom. The molecule has 0 unspecified atom stereocenters. The van der Waals surface area contributed by atoms with Gasteiger partial charge in [0, 0.05) is 31.1 Å². The zero-order chi connectivity index (χ0) is 26.8. The number of ketones is 1. The van der Waals surface area contributed by atoms with Gasteiger partial charge < -0.3 is 9.64 Å². The first-order valence-corrected chi connectivity index (χ1v) is 13.2. The average Bonchev–Trinajstić information content (AvgIpc) is 3.22. The molecule has 0 saturated carbocycles. The molecule has 0 N–H and O–H groups in total. The van der Waals surface area contributed by atoms with Crippen LogP contribution in [0.5, 0.6) is 5.75 Å². The van der Waals surface area contributed by atoms with Crippen molar-refractivity contribution in [3.05, 3.63) is 127 Å². The van der Waals surface area contributed by atoms with Gasteiger partial charge in [-0.1, -0.05) is 65.9 Å². The lowest BCUT2D eigenvalue weighted by molar-refractivity contribution is -0.114. The highest BCUT2D eigenvalue weighted by molar-refractivity contribution is 7.07. The summed E-state index contributed by atoms with van der Waals surface area (Å²) in [5.41, 5.74) is 4.94. The Morgan fingerprint density at radius 3 is 2.34 bits per heavy atom. The van der Waals surface area contributed by atoms with Gasteiger partial charge >= 0.3 is 0 Å². The summed E-state index contributed by atoms with van der Waals surface area (Å²) in [5.74, 6) is 0.670. The molecular weight excluding hydrogens is 494 g/mol. The summed E-state index contributed by atoms with van der Waals surface area (Å²) < 4.78 is 8.11. The van der Waals surface area contributed by atoms with Gasteiger partial charge in [-0.3, -0.25) is 14.2 Å². The molecule has 0 radical (unpaired) electrons. The number of thiazole rings is 1. The van der Waals surface area contributed by atoms with Gasteiger partial charge in [0.15, 0.2) is 10.6 Å². The van der Waals surface area contributed by atoms with Crippen LogP contribution in [0, 0.1) is 0 Å². The quantitative estimate of drug-likeness (QED) is 0.359. The van der Waals surface area contributed by atoms with Crippen molar-refractivity contribution in [2.75, 3.05) is 19.0 Å². The predicted octanol–water partition coefficient (Wildman–Crippen LogP) is 4.47. The SMILES string of the molecule is CC(=O)C1=C(C)N=c2s/c(=C/c3ccc(OCc4ccccc4)cc3)c(=O)n2[C@H]1c1ccc(N(C)C)cc1. The van der Waals surface area contributed by atoms with E-state index in [9.17, 15) is 9.59 Å². The summed E-state index contributed by atoms with van der Waals surface area (Å²) >= 11 is 1.34. The monoisotopic (exact) mass is 523 g/mol. The molecule has 5 rings (SSSR count). The molecule has 0 amide bonds. The lowest BCUT2D eigenvalue weighted by atomic mass is 9.93. The number of fused-ring (bicyclic) bond motifs is 1. The smallest absolute Gasteiger partial charge is 0.271 e. The Hall–Kier alpha value is -4.23. The Kier molecular flexibility index (Phi) is 7.11. The molecule has 3 aromatic carbocycles. The van der Waals surface area contributed by atoms with Crippen molar-refractivity contribution in [2.24, 2.45) is 4.99 Å². The normalized spacial score (nSPS) is 15.2. The van der Waals surface area contributed by atoms with E-state index in [2.05, 4.69) is 4.99 Å². The summed E-state index contributed by atoms with van der Waals surface area (Å²) in [6.45, 7) is 3.86. The van der Waals surface area contributed by atoms with E-state index in [1.54, 1.807) is 4.57 Å². The summed E-state index contributed by atoms with van der Waals surface area (Å²) in [5, 5.41) is 0. The molecule has 0 aliphatic carbocycles. The Balaban J connectivity index is 1.50. The van der Waals surface area contributed by atoms with Crippen molar-refractivity contribution in [3.8, 4) is 5.75 Å². The second kappa shape index (κ2) is 10.6. The minimum Gasteiger partial charge on any atom is -0.489 e. The van der Waals surface area contributed by atoms with Crippen molar-refractivity contribution in [1.29, 1.82) is 0 Å². The highest BCUT2D eigenvalue weighted by Crippen LogP contribution is 2.31. The number of carbonyl (C=O) groups is 1. The fourth-order valence-electron chi connectivity index (χ4n) is 4.59. The topological polar surface area (TPSA) is 63.9 Å². The molecule has 4 aromatic rings. The number of nitrogens with zero attached hydrogens (tertiary/aromatic N) is 3. The van der Waals surface area contributed by atoms with Crippen LogP contribution in [0.4, 0.5) is 5.69 Å². The van der Waals surface area contributed by atoms with Gasteiger partial charge in [0.2, 0.25) is 0 Å². The molecule has 0 fully saturated rings. The maximum atomic E-state index is 13.7. The van der Waals surface area contributed by atoms with Crippen LogP contribution in [0.3, 0.4) is 0 Å². The van der Waals surface area contributed by atoms with Gasteiger partial charge in [-0.05, 0) is 60.9 Å². The van der Waals surface area contributed by atoms with Crippen molar-refractivity contribution < 1.29 is 9.53 Å². The van der Waals surface area contributed by atoms with Gasteiger partial charge in [0.25, 0.3) is 5.56 Å². The molecule has 1 atom stereocenters. The van der Waals surface area contributed by atoms with Crippen molar-refractivity contribution in [3.63, 3.8) is 0 Å². The molecule has 192 valence electrons. The highest BCUT2D eigenvalue weighted by atomic mass is 32.1. The number of rotatable bonds is 7. The van der Waals surface area contributed by atoms with Crippen LogP contribution in [0.1, 0.15) is 36.6 Å². The second-order valence-corrected chi connectivity index (χ2v) is 10.5. The van der Waals surface area contributed by atoms with E-state index in [1.165, 1.54) is 18.3 Å². The average molecular weight is 524 g/mol. The molecule has 38 heavy (non-hydrogen) atoms. The number of benzene rings is 3. The Labute approximate surface area is 225 Å². The van der Waals surface area contributed by atoms with Crippen molar-refractivity contribution in [2.45, 2.75) is 26.5 Å². The zero-order valence-corrected chi connectivity index (χ0v) is 22.7. The van der Waals surface area contributed by atoms with E-state index in [4.69, 9.17) is 4.74 Å². The highest BCUT2D eigenvalue weighted by Gasteiger charge is 2.30. The number of allylic oxidation sites excluding steroid dienone is 2. The number of carbonyl (C=O) groups excluding carboxylic acids is 1. The Morgan fingerprint density at radius 1 is 1.03 bits per heavy atom. The number of Topliss-reactive ketones (excluding diaryl/α,β-unsaturated/α-hetero) is 1. The molecule has 2 heterocycles. The minimum absolute atomic E-state index is 0.0895. The van der Waals surface area contributed by atoms with Gasteiger partial charge in [0.1, 0.15) is 12.4 Å². The number of hydrogen-bond donors (Lipinski definition) is 0. The maximum Gasteiger partial charge on any atom is 0.271 e. The standard InChI is InChI=1S/C31H29N3O3S/c1-20-28(21(2)35)29(24-12-14-25(15-13-24)33(3)4)34-30(36)27(38-31(34)32-20)18-22-10-16-26(17-11-22)37-19-23-8-6-5-7-9-23/h5-18,29H,19H2,1-4H3/b27-18+/t29-/m0/s1. The van der Waals surface area contributed by atoms with Gasteiger partial charge in [-0.25, -0.2) is 4.99 Å². The molecule has 0 bridgehead atoms. The van der Waals surface area contributed by atoms with E-state index in [0.29, 0.717) is 27.2 Å². The lowest BCUT2D eigenvalue weighted by Gasteiger charge is -2.25. The molecule has 0 spiro atoms. The van der Waals surface area contributed by atoms with Crippen molar-refractivity contribution >= 4 is 28.9 Å². The summed E-state index contributed by atoms with van der Waals surface area (Å²) in [6, 6.07) is 25.1. The summed E-state index contributed by atoms with van der Waals surface area (Å²) in [6.07, 6.45) is 1.86. The third-order valence-electron chi connectivity index (χ3n) is 6.55. The predicted molar refractivity (Wildman–Crippen MR) is 152 cm³/mol. The van der Waals surface area contributed by atoms with E-state index < -0.39 is 6.04 Å². The van der Waals surface area contributed by atoms with Crippen LogP contribution in [-0.2, 0) is 11.4 Å². The lowest BCUT2D eigenvalue weighted by Crippen LogP contribution is -2.39. The second-order valence-electron chi connectivity index (χ2n) is 9.47. The van der Waals surface area contributed by atoms with E-state index in [0.717, 1.165) is 28.1 Å². The largest absolute Gasteiger partial charge is 0.489 e. The van der Waals surface area contributed by atoms with Gasteiger partial charge in [-0.2, -0.15) is 0 Å². The van der Waals surface area contributed by atoms with Crippen LogP contribution in [0.15, 0.2) is 99.9 Å². The van der Waals surface area contributed by atoms with Gasteiger partial charge in [0.05, 0.1) is 10.6 Å². The number of hydrogen-bond acceptors (Lipinski definition) is 6. The van der Waals surface area contributed by atoms with Crippen LogP contribution in [0.2, 0.25) is 0 Å². The first kappa shape index (κ1) is 25.4. The molecule has 1 aromatic heterocycles. The molecule has 7 heteroatoms. The molecular formula is C31H29N3O3S. The first-order valence-electron chi connectivity index (χ1n) is 12.4. The van der Waals surface area contributed by atoms with Crippen molar-refractivity contribution in [1.82, 2.24) is 4.57 Å². The Bertz CT molecular complexity index is 1680. The third-order valence-corrected chi connectivity index (χ3v) is 7.54. The fraction of sp³-hybridized carbons (Fsp3) is 0.194. The third kappa shape index (κ3) is 5.10. The minimum atomic E-state index is -0.518. The van der Waals surface area contributed by atoms with E-state index in [-0.39, 0.29) is 11.3 Å².